The van der Waals surface area contributed by atoms with Gasteiger partial charge in [-0.15, -0.1) is 10.3 Å². The molecule has 0 aromatic carbocycles. The van der Waals surface area contributed by atoms with E-state index in [-0.39, 0.29) is 13.2 Å². The van der Waals surface area contributed by atoms with Crippen molar-refractivity contribution in [3.63, 3.8) is 0 Å². The fourth-order valence-electron chi connectivity index (χ4n) is 0.177. The predicted molar refractivity (Wildman–Crippen MR) is 37.3 cm³/mol. The van der Waals surface area contributed by atoms with Gasteiger partial charge in [0, 0.05) is 0 Å². The van der Waals surface area contributed by atoms with Gasteiger partial charge in [0.25, 0.3) is 0 Å². The molecule has 0 aliphatic heterocycles. The molecule has 8 heavy (non-hydrogen) atoms. The Balaban J connectivity index is 3.26. The van der Waals surface area contributed by atoms with Crippen LogP contribution in [0.1, 0.15) is 0 Å². The molecule has 5 heteroatoms. The Labute approximate surface area is 53.5 Å². The van der Waals surface area contributed by atoms with Gasteiger partial charge in [-0.1, -0.05) is 0 Å². The van der Waals surface area contributed by atoms with Crippen LogP contribution in [0.3, 0.4) is 0 Å². The molecule has 52 valence electrons. The zero-order chi connectivity index (χ0) is 6.41. The molecule has 0 fully saturated rings. The number of hydrogen-bond acceptors (Lipinski definition) is 3. The minimum atomic E-state index is -1.52. The van der Waals surface area contributed by atoms with Crippen LogP contribution in [0.15, 0.2) is 0 Å². The average Bonchev–Trinajstić information content (AvgIpc) is 1.83. The van der Waals surface area contributed by atoms with Gasteiger partial charge in [-0.3, -0.25) is 4.18 Å². The van der Waals surface area contributed by atoms with Gasteiger partial charge in [-0.25, -0.2) is 4.21 Å². The van der Waals surface area contributed by atoms with Crippen LogP contribution in [0.25, 0.3) is 0 Å². The fraction of sp³-hybridized carbons (Fsp3) is 1.00. The molecule has 0 amide bonds. The summed E-state index contributed by atoms with van der Waals surface area (Å²) in [5.41, 5.74) is 0. The van der Waals surface area contributed by atoms with Crippen molar-refractivity contribution < 1.29 is 13.5 Å². The minimum Gasteiger partial charge on any atom is -0.394 e. The summed E-state index contributed by atoms with van der Waals surface area (Å²) in [7, 11) is -0.793. The van der Waals surface area contributed by atoms with E-state index in [9.17, 15) is 4.21 Å². The maximum atomic E-state index is 10.4. The SMILES string of the molecule is C/[SH]=[SH](=O)/OCCO. The molecular formula is C3H10O3S2. The molecule has 1 atom stereocenters. The predicted octanol–water partition coefficient (Wildman–Crippen LogP) is -1.25. The first-order valence-corrected chi connectivity index (χ1v) is 5.34. The second-order valence-electron chi connectivity index (χ2n) is 0.995. The topological polar surface area (TPSA) is 46.5 Å². The quantitative estimate of drug-likeness (QED) is 0.450. The molecule has 0 rings (SSSR count). The second kappa shape index (κ2) is 5.55. The molecule has 0 aromatic rings. The standard InChI is InChI=1S/C3H10O3S2/c1-7-8(5)6-3-2-4/h4,7-8H,2-3H2,1H3. The van der Waals surface area contributed by atoms with Crippen molar-refractivity contribution in [3.05, 3.63) is 0 Å². The largest absolute Gasteiger partial charge is 0.394 e. The first-order chi connectivity index (χ1) is 3.81. The zero-order valence-corrected chi connectivity index (χ0v) is 6.36. The summed E-state index contributed by atoms with van der Waals surface area (Å²) < 4.78 is 15.0. The maximum Gasteiger partial charge on any atom is 0.0916 e. The lowest BCUT2D eigenvalue weighted by Gasteiger charge is -1.90. The van der Waals surface area contributed by atoms with E-state index in [4.69, 9.17) is 5.11 Å². The van der Waals surface area contributed by atoms with Crippen LogP contribution >= 0.6 is 0 Å². The Bertz CT molecular complexity index is 116. The van der Waals surface area contributed by atoms with E-state index in [1.165, 1.54) is 0 Å². The van der Waals surface area contributed by atoms with Gasteiger partial charge in [0.15, 0.2) is 0 Å². The van der Waals surface area contributed by atoms with Gasteiger partial charge in [0.2, 0.25) is 0 Å². The van der Waals surface area contributed by atoms with Gasteiger partial charge in [0.05, 0.1) is 22.9 Å². The number of hydrogen-bond donors (Lipinski definition) is 3. The minimum absolute atomic E-state index is 0.0589. The van der Waals surface area contributed by atoms with Crippen LogP contribution in [0.5, 0.6) is 0 Å². The Morgan fingerprint density at radius 1 is 1.88 bits per heavy atom. The van der Waals surface area contributed by atoms with Crippen LogP contribution < -0.4 is 0 Å². The molecule has 0 aliphatic carbocycles. The van der Waals surface area contributed by atoms with Crippen molar-refractivity contribution in [2.75, 3.05) is 19.5 Å². The highest BCUT2D eigenvalue weighted by atomic mass is 32.8. The van der Waals surface area contributed by atoms with Crippen molar-refractivity contribution in [2.24, 2.45) is 0 Å². The Kier molecular flexibility index (Phi) is 5.85. The van der Waals surface area contributed by atoms with Crippen molar-refractivity contribution in [1.82, 2.24) is 0 Å². The van der Waals surface area contributed by atoms with Crippen molar-refractivity contribution in [2.45, 2.75) is 0 Å². The number of aliphatic hydroxyl groups is 1. The number of thiol groups is 2. The lowest BCUT2D eigenvalue weighted by atomic mass is 10.8. The van der Waals surface area contributed by atoms with E-state index >= 15 is 0 Å². The third-order valence-electron chi connectivity index (χ3n) is 0.456. The second-order valence-corrected chi connectivity index (χ2v) is 4.31. The van der Waals surface area contributed by atoms with Gasteiger partial charge < -0.3 is 5.11 Å². The molecule has 3 nitrogen and oxygen atoms in total. The highest BCUT2D eigenvalue weighted by Crippen LogP contribution is 1.72. The zero-order valence-electron chi connectivity index (χ0n) is 4.57. The highest BCUT2D eigenvalue weighted by Gasteiger charge is 1.78. The van der Waals surface area contributed by atoms with E-state index in [0.717, 1.165) is 10.3 Å². The van der Waals surface area contributed by atoms with E-state index in [2.05, 4.69) is 4.18 Å². The lowest BCUT2D eigenvalue weighted by molar-refractivity contribution is 0.217. The molecule has 0 saturated carbocycles. The molecule has 0 radical (unpaired) electrons. The Hall–Kier alpha value is 0.420. The third-order valence-corrected chi connectivity index (χ3v) is 2.51. The van der Waals surface area contributed by atoms with Crippen molar-refractivity contribution >= 4 is 20.0 Å². The van der Waals surface area contributed by atoms with E-state index < -0.39 is 9.64 Å². The van der Waals surface area contributed by atoms with Crippen LogP contribution in [0.2, 0.25) is 0 Å². The summed E-state index contributed by atoms with van der Waals surface area (Å²) in [4.78, 5) is 0. The Morgan fingerprint density at radius 3 is 2.88 bits per heavy atom. The van der Waals surface area contributed by atoms with Crippen LogP contribution in [0, 0.1) is 0 Å². The van der Waals surface area contributed by atoms with Crippen molar-refractivity contribution in [1.29, 1.82) is 0 Å². The van der Waals surface area contributed by atoms with Crippen LogP contribution in [0.4, 0.5) is 0 Å². The van der Waals surface area contributed by atoms with Gasteiger partial charge in [-0.2, -0.15) is 0 Å². The summed E-state index contributed by atoms with van der Waals surface area (Å²) in [6, 6.07) is 0. The Morgan fingerprint density at radius 2 is 2.50 bits per heavy atom. The third kappa shape index (κ3) is 4.58. The van der Waals surface area contributed by atoms with Gasteiger partial charge in [0.1, 0.15) is 0 Å². The molecular weight excluding hydrogens is 148 g/mol. The van der Waals surface area contributed by atoms with E-state index in [1.54, 1.807) is 6.26 Å². The average molecular weight is 158 g/mol. The maximum absolute atomic E-state index is 10.4. The lowest BCUT2D eigenvalue weighted by Crippen LogP contribution is -1.96. The summed E-state index contributed by atoms with van der Waals surface area (Å²) in [6.07, 6.45) is 1.75. The molecule has 1 N–H and O–H groups in total. The number of aliphatic hydroxyl groups excluding tert-OH is 1. The molecule has 0 bridgehead atoms. The van der Waals surface area contributed by atoms with E-state index in [0.29, 0.717) is 0 Å². The summed E-state index contributed by atoms with van der Waals surface area (Å²) in [6.45, 7) is 0.118. The smallest absolute Gasteiger partial charge is 0.0916 e. The number of rotatable bonds is 3. The van der Waals surface area contributed by atoms with E-state index in [1.807, 2.05) is 0 Å². The fourth-order valence-corrected chi connectivity index (χ4v) is 1.12. The molecule has 1 unspecified atom stereocenters. The molecule has 0 spiro atoms. The van der Waals surface area contributed by atoms with Crippen molar-refractivity contribution in [3.8, 4) is 0 Å². The normalized spacial score (nSPS) is 15.2. The first kappa shape index (κ1) is 8.42. The molecule has 0 aliphatic rings. The summed E-state index contributed by atoms with van der Waals surface area (Å²) >= 11 is 0. The van der Waals surface area contributed by atoms with Crippen LogP contribution in [-0.4, -0.2) is 28.8 Å². The molecule has 0 saturated heterocycles. The highest BCUT2D eigenvalue weighted by molar-refractivity contribution is 8.27. The summed E-state index contributed by atoms with van der Waals surface area (Å²) in [5.74, 6) is 0. The van der Waals surface area contributed by atoms with Crippen LogP contribution in [-0.2, 0) is 24.1 Å². The molecule has 0 aromatic heterocycles. The summed E-state index contributed by atoms with van der Waals surface area (Å²) in [5, 5.41) is 8.15. The van der Waals surface area contributed by atoms with Gasteiger partial charge >= 0.3 is 0 Å². The molecule has 0 heterocycles. The first-order valence-electron chi connectivity index (χ1n) is 2.12. The monoisotopic (exact) mass is 158 g/mol. The van der Waals surface area contributed by atoms with Gasteiger partial charge in [-0.05, 0) is 6.26 Å².